The van der Waals surface area contributed by atoms with E-state index in [1.807, 2.05) is 121 Å². The Hall–Kier alpha value is -5.37. The Balaban J connectivity index is 1.57. The van der Waals surface area contributed by atoms with E-state index in [2.05, 4.69) is 15.3 Å². The van der Waals surface area contributed by atoms with Gasteiger partial charge in [-0.05, 0) is 52.1 Å². The number of rotatable bonds is 14. The number of aliphatic hydroxyl groups is 1. The van der Waals surface area contributed by atoms with E-state index in [1.54, 1.807) is 0 Å². The molecule has 228 valence electrons. The fourth-order valence-corrected chi connectivity index (χ4v) is 5.20. The van der Waals surface area contributed by atoms with E-state index in [1.165, 1.54) is 0 Å². The van der Waals surface area contributed by atoms with Crippen LogP contribution in [-0.2, 0) is 22.6 Å². The molecule has 1 heterocycles. The summed E-state index contributed by atoms with van der Waals surface area (Å²) in [6.45, 7) is 0.874. The van der Waals surface area contributed by atoms with Gasteiger partial charge in [-0.1, -0.05) is 102 Å². The van der Waals surface area contributed by atoms with E-state index >= 15 is 0 Å². The largest absolute Gasteiger partial charge is 0.494 e. The lowest BCUT2D eigenvalue weighted by molar-refractivity contribution is -0.129. The minimum atomic E-state index is -1.38. The molecule has 0 spiro atoms. The van der Waals surface area contributed by atoms with Crippen molar-refractivity contribution in [2.75, 3.05) is 13.2 Å². The molecule has 0 radical (unpaired) electrons. The first-order valence-electron chi connectivity index (χ1n) is 14.9. The van der Waals surface area contributed by atoms with E-state index in [0.29, 0.717) is 36.8 Å². The Morgan fingerprint density at radius 3 is 2.44 bits per heavy atom. The quantitative estimate of drug-likeness (QED) is 0.0702. The monoisotopic (exact) mass is 601 g/mol. The number of aliphatic hydroxyl groups excluding tert-OH is 1. The van der Waals surface area contributed by atoms with Crippen molar-refractivity contribution < 1.29 is 19.4 Å². The summed E-state index contributed by atoms with van der Waals surface area (Å²) in [5.74, 6) is 0.690. The average Bonchev–Trinajstić information content (AvgIpc) is 3.48. The number of azide groups is 1. The number of aliphatic imine (C=N–C) groups is 1. The number of carbonyl (C=O) groups excluding carboxylic acids is 1. The zero-order chi connectivity index (χ0) is 31.3. The minimum Gasteiger partial charge on any atom is -0.494 e. The molecule has 0 saturated heterocycles. The highest BCUT2D eigenvalue weighted by Crippen LogP contribution is 2.44. The second-order valence-electron chi connectivity index (χ2n) is 10.6. The summed E-state index contributed by atoms with van der Waals surface area (Å²) in [7, 11) is 0. The van der Waals surface area contributed by atoms with Crippen molar-refractivity contribution in [2.24, 2.45) is 10.1 Å². The summed E-state index contributed by atoms with van der Waals surface area (Å²) >= 11 is 0. The fourth-order valence-electron chi connectivity index (χ4n) is 5.20. The molecule has 2 atom stereocenters. The SMILES string of the molecule is [N-]=[N+]=NCc1ccccc1[C@H]1OC(c2ccc(OCCCO)cc2)=N[C@@]1(C/C=C/c1ccccc1)C(=O)NCc1ccccc1. The molecule has 2 N–H and O–H groups in total. The van der Waals surface area contributed by atoms with Gasteiger partial charge in [0.1, 0.15) is 5.75 Å². The third kappa shape index (κ3) is 7.78. The Bertz CT molecular complexity index is 1670. The first-order valence-corrected chi connectivity index (χ1v) is 14.9. The molecule has 4 aromatic rings. The number of hydrogen-bond donors (Lipinski definition) is 2. The number of amides is 1. The first kappa shape index (κ1) is 31.1. The summed E-state index contributed by atoms with van der Waals surface area (Å²) < 4.78 is 12.3. The molecular formula is C36H35N5O4. The molecule has 1 amide bonds. The van der Waals surface area contributed by atoms with Gasteiger partial charge in [0.25, 0.3) is 5.91 Å². The molecule has 0 aliphatic carbocycles. The van der Waals surface area contributed by atoms with Crippen molar-refractivity contribution in [2.45, 2.75) is 37.6 Å². The Morgan fingerprint density at radius 1 is 1.00 bits per heavy atom. The fraction of sp³-hybridized carbons (Fsp3) is 0.222. The van der Waals surface area contributed by atoms with Gasteiger partial charge in [0.15, 0.2) is 11.6 Å². The van der Waals surface area contributed by atoms with E-state index in [-0.39, 0.29) is 25.5 Å². The van der Waals surface area contributed by atoms with E-state index < -0.39 is 11.6 Å². The van der Waals surface area contributed by atoms with Gasteiger partial charge in [-0.3, -0.25) is 4.79 Å². The van der Waals surface area contributed by atoms with Gasteiger partial charge in [-0.2, -0.15) is 0 Å². The zero-order valence-corrected chi connectivity index (χ0v) is 24.8. The van der Waals surface area contributed by atoms with Crippen LogP contribution in [0.2, 0.25) is 0 Å². The second-order valence-corrected chi connectivity index (χ2v) is 10.6. The van der Waals surface area contributed by atoms with Crippen molar-refractivity contribution in [3.8, 4) is 5.75 Å². The maximum atomic E-state index is 14.4. The van der Waals surface area contributed by atoms with Crippen molar-refractivity contribution in [1.29, 1.82) is 0 Å². The van der Waals surface area contributed by atoms with Crippen LogP contribution in [0.5, 0.6) is 5.75 Å². The summed E-state index contributed by atoms with van der Waals surface area (Å²) in [6.07, 6.45) is 3.89. The Kier molecular flexibility index (Phi) is 10.6. The third-order valence-corrected chi connectivity index (χ3v) is 7.51. The maximum absolute atomic E-state index is 14.4. The van der Waals surface area contributed by atoms with Crippen molar-refractivity contribution >= 4 is 17.9 Å². The van der Waals surface area contributed by atoms with Crippen LogP contribution in [0.3, 0.4) is 0 Å². The molecule has 0 unspecified atom stereocenters. The molecular weight excluding hydrogens is 566 g/mol. The summed E-state index contributed by atoms with van der Waals surface area (Å²) in [5, 5.41) is 16.0. The van der Waals surface area contributed by atoms with Crippen LogP contribution in [0, 0.1) is 0 Å². The van der Waals surface area contributed by atoms with E-state index in [9.17, 15) is 4.79 Å². The molecule has 4 aromatic carbocycles. The van der Waals surface area contributed by atoms with Crippen molar-refractivity contribution in [1.82, 2.24) is 5.32 Å². The molecule has 1 aliphatic rings. The Morgan fingerprint density at radius 2 is 1.71 bits per heavy atom. The van der Waals surface area contributed by atoms with Gasteiger partial charge >= 0.3 is 0 Å². The van der Waals surface area contributed by atoms with Crippen molar-refractivity contribution in [3.05, 3.63) is 154 Å². The van der Waals surface area contributed by atoms with Crippen molar-refractivity contribution in [3.63, 3.8) is 0 Å². The molecule has 9 nitrogen and oxygen atoms in total. The van der Waals surface area contributed by atoms with Crippen LogP contribution in [-0.4, -0.2) is 35.7 Å². The van der Waals surface area contributed by atoms with Gasteiger partial charge in [0.05, 0.1) is 13.2 Å². The smallest absolute Gasteiger partial charge is 0.252 e. The van der Waals surface area contributed by atoms with E-state index in [4.69, 9.17) is 25.1 Å². The van der Waals surface area contributed by atoms with Crippen LogP contribution in [0.1, 0.15) is 46.8 Å². The first-order chi connectivity index (χ1) is 22.1. The van der Waals surface area contributed by atoms with E-state index in [0.717, 1.165) is 22.3 Å². The summed E-state index contributed by atoms with van der Waals surface area (Å²) in [4.78, 5) is 22.4. The lowest BCUT2D eigenvalue weighted by Gasteiger charge is -2.31. The predicted molar refractivity (Wildman–Crippen MR) is 174 cm³/mol. The number of hydrogen-bond acceptors (Lipinski definition) is 6. The lowest BCUT2D eigenvalue weighted by Crippen LogP contribution is -2.48. The third-order valence-electron chi connectivity index (χ3n) is 7.51. The molecule has 5 rings (SSSR count). The maximum Gasteiger partial charge on any atom is 0.252 e. The van der Waals surface area contributed by atoms with Gasteiger partial charge in [0, 0.05) is 36.5 Å². The number of carbonyl (C=O) groups is 1. The number of ether oxygens (including phenoxy) is 2. The second kappa shape index (κ2) is 15.4. The topological polar surface area (TPSA) is 129 Å². The molecule has 1 aliphatic heterocycles. The number of nitrogens with one attached hydrogen (secondary N) is 1. The van der Waals surface area contributed by atoms with Gasteiger partial charge in [0.2, 0.25) is 5.90 Å². The highest BCUT2D eigenvalue weighted by molar-refractivity contribution is 6.01. The van der Waals surface area contributed by atoms with Crippen LogP contribution >= 0.6 is 0 Å². The van der Waals surface area contributed by atoms with Crippen LogP contribution in [0.4, 0.5) is 0 Å². The molecule has 45 heavy (non-hydrogen) atoms. The predicted octanol–water partition coefficient (Wildman–Crippen LogP) is 6.93. The van der Waals surface area contributed by atoms with Gasteiger partial charge in [-0.25, -0.2) is 4.99 Å². The highest BCUT2D eigenvalue weighted by Gasteiger charge is 2.53. The average molecular weight is 602 g/mol. The van der Waals surface area contributed by atoms with Crippen LogP contribution in [0.25, 0.3) is 16.5 Å². The Labute approximate surface area is 262 Å². The molecule has 9 heteroatoms. The van der Waals surface area contributed by atoms with Gasteiger partial charge < -0.3 is 19.9 Å². The molecule has 0 fully saturated rings. The molecule has 0 bridgehead atoms. The lowest BCUT2D eigenvalue weighted by atomic mass is 9.82. The summed E-state index contributed by atoms with van der Waals surface area (Å²) in [5.41, 5.74) is 11.8. The normalized spacial score (nSPS) is 17.3. The van der Waals surface area contributed by atoms with Gasteiger partial charge in [-0.15, -0.1) is 0 Å². The number of nitrogens with zero attached hydrogens (tertiary/aromatic N) is 4. The zero-order valence-electron chi connectivity index (χ0n) is 24.8. The minimum absolute atomic E-state index is 0.0540. The van der Waals surface area contributed by atoms with Crippen LogP contribution in [0.15, 0.2) is 125 Å². The standard InChI is InChI=1S/C36H35N5O4/c37-41-39-26-30-16-7-8-17-32(30)33-36(22-9-15-27-11-3-1-4-12-27,35(43)38-25-28-13-5-2-6-14-28)40-34(45-33)29-18-20-31(21-19-29)44-24-10-23-42/h1-9,11-21,33,42H,10,22-26H2,(H,38,43)/b15-9+/t33-,36-/m1/s1. The number of benzene rings is 4. The molecule has 0 aromatic heterocycles. The molecule has 0 saturated carbocycles. The highest BCUT2D eigenvalue weighted by atomic mass is 16.5. The van der Waals surface area contributed by atoms with Crippen LogP contribution < -0.4 is 10.1 Å². The summed E-state index contributed by atoms with van der Waals surface area (Å²) in [6, 6.07) is 34.4.